The maximum absolute atomic E-state index is 14.1. The van der Waals surface area contributed by atoms with Gasteiger partial charge in [-0.15, -0.1) is 0 Å². The molecule has 0 saturated heterocycles. The van der Waals surface area contributed by atoms with Gasteiger partial charge in [-0.2, -0.15) is 65.9 Å². The van der Waals surface area contributed by atoms with Gasteiger partial charge in [0.2, 0.25) is 0 Å². The zero-order valence-electron chi connectivity index (χ0n) is 14.7. The quantitative estimate of drug-likeness (QED) is 0.365. The van der Waals surface area contributed by atoms with E-state index >= 15 is 0 Å². The van der Waals surface area contributed by atoms with Crippen molar-refractivity contribution in [2.45, 2.75) is 61.6 Å². The number of hydrogen-bond donors (Lipinski definition) is 0. The number of hydrogen-bond acceptors (Lipinski definition) is 1. The van der Waals surface area contributed by atoms with E-state index in [-0.39, 0.29) is 6.20 Å². The Morgan fingerprint density at radius 1 is 0.719 bits per heavy atom. The number of aryl methyl sites for hydroxylation is 1. The molecule has 32 heavy (non-hydrogen) atoms. The first kappa shape index (κ1) is 28.1. The molecule has 19 heteroatoms. The fourth-order valence-electron chi connectivity index (χ4n) is 2.20. The summed E-state index contributed by atoms with van der Waals surface area (Å²) in [6.07, 6.45) is -13.9. The lowest BCUT2D eigenvalue weighted by Crippen LogP contribution is -2.69. The van der Waals surface area contributed by atoms with Crippen molar-refractivity contribution in [3.05, 3.63) is 17.7 Å². The van der Waals surface area contributed by atoms with Gasteiger partial charge in [-0.1, -0.05) is 6.92 Å². The lowest BCUT2D eigenvalue weighted by molar-refractivity contribution is -0.442. The van der Waals surface area contributed by atoms with Crippen LogP contribution in [0.15, 0.2) is 6.20 Å². The molecule has 1 heterocycles. The predicted octanol–water partition coefficient (Wildman–Crippen LogP) is 6.46. The first-order valence-corrected chi connectivity index (χ1v) is 7.56. The smallest absolute Gasteiger partial charge is 0.262 e. The summed E-state index contributed by atoms with van der Waals surface area (Å²) in [5, 5.41) is 0. The molecule has 1 aromatic rings. The minimum atomic E-state index is -8.29. The summed E-state index contributed by atoms with van der Waals surface area (Å²) < 4.78 is 222. The van der Waals surface area contributed by atoms with Crippen LogP contribution in [-0.2, 0) is 18.4 Å². The molecule has 0 fully saturated rings. The highest BCUT2D eigenvalue weighted by Crippen LogP contribution is 2.62. The second kappa shape index (κ2) is 7.53. The predicted molar refractivity (Wildman–Crippen MR) is 67.5 cm³/mol. The molecule has 0 amide bonds. The molecule has 0 bridgehead atoms. The molecule has 0 saturated carbocycles. The van der Waals surface area contributed by atoms with Gasteiger partial charge in [-0.05, 0) is 6.42 Å². The number of nitrogens with zero attached hydrogens (tertiary/aromatic N) is 2. The van der Waals surface area contributed by atoms with Crippen molar-refractivity contribution in [2.24, 2.45) is 0 Å². The molecular formula is C13H7F17N2. The molecule has 0 aliphatic rings. The van der Waals surface area contributed by atoms with E-state index in [0.29, 0.717) is 0 Å². The number of rotatable bonds is 8. The van der Waals surface area contributed by atoms with Crippen LogP contribution in [0.3, 0.4) is 0 Å². The number of halogens is 17. The van der Waals surface area contributed by atoms with Crippen molar-refractivity contribution in [1.82, 2.24) is 9.55 Å². The third-order valence-electron chi connectivity index (χ3n) is 3.97. The molecule has 0 N–H and O–H groups in total. The number of alkyl halides is 17. The van der Waals surface area contributed by atoms with E-state index in [4.69, 9.17) is 0 Å². The molecular weight excluding hydrogens is 507 g/mol. The molecule has 0 aliphatic heterocycles. The number of aromatic nitrogens is 2. The van der Waals surface area contributed by atoms with E-state index in [9.17, 15) is 74.6 Å². The maximum Gasteiger partial charge on any atom is 0.460 e. The van der Waals surface area contributed by atoms with Crippen molar-refractivity contribution in [3.8, 4) is 0 Å². The average Bonchev–Trinajstić information content (AvgIpc) is 3.05. The first-order chi connectivity index (χ1) is 13.9. The summed E-state index contributed by atoms with van der Waals surface area (Å²) in [6.45, 7) is 0.752. The second-order valence-corrected chi connectivity index (χ2v) is 6.02. The third-order valence-corrected chi connectivity index (χ3v) is 3.97. The highest BCUT2D eigenvalue weighted by atomic mass is 19.4. The Labute approximate surface area is 165 Å². The van der Waals surface area contributed by atoms with Crippen LogP contribution in [-0.4, -0.2) is 45.8 Å². The van der Waals surface area contributed by atoms with Crippen LogP contribution < -0.4 is 0 Å². The van der Waals surface area contributed by atoms with Gasteiger partial charge in [0.15, 0.2) is 5.82 Å². The second-order valence-electron chi connectivity index (χ2n) is 6.02. The Kier molecular flexibility index (Phi) is 6.60. The van der Waals surface area contributed by atoms with E-state index < -0.39 is 70.8 Å². The third kappa shape index (κ3) is 3.54. The lowest BCUT2D eigenvalue weighted by Gasteiger charge is -2.39. The summed E-state index contributed by atoms with van der Waals surface area (Å²) in [7, 11) is 0. The van der Waals surface area contributed by atoms with Crippen LogP contribution in [0.4, 0.5) is 74.6 Å². The summed E-state index contributed by atoms with van der Waals surface area (Å²) in [5.41, 5.74) is -1.46. The van der Waals surface area contributed by atoms with Crippen molar-refractivity contribution in [2.75, 3.05) is 0 Å². The Morgan fingerprint density at radius 2 is 1.12 bits per heavy atom. The molecule has 0 aliphatic carbocycles. The van der Waals surface area contributed by atoms with Crippen LogP contribution in [0.25, 0.3) is 0 Å². The van der Waals surface area contributed by atoms with Crippen molar-refractivity contribution in [1.29, 1.82) is 0 Å². The SMILES string of the molecule is CCc1cnc(C(F)(F)C(F)(F)C(F)(F)C(F)(F)C(F)(F)C(F)(F)F)n1C(F)(F)C(F)F. The van der Waals surface area contributed by atoms with E-state index in [1.807, 2.05) is 0 Å². The van der Waals surface area contributed by atoms with Crippen LogP contribution in [0, 0.1) is 0 Å². The van der Waals surface area contributed by atoms with Crippen LogP contribution in [0.1, 0.15) is 18.4 Å². The largest absolute Gasteiger partial charge is 0.460 e. The Morgan fingerprint density at radius 3 is 1.47 bits per heavy atom. The minimum Gasteiger partial charge on any atom is -0.262 e. The highest BCUT2D eigenvalue weighted by molar-refractivity contribution is 5.19. The molecule has 1 aromatic heterocycles. The lowest BCUT2D eigenvalue weighted by atomic mass is 9.93. The van der Waals surface area contributed by atoms with Crippen molar-refractivity contribution in [3.63, 3.8) is 0 Å². The molecule has 0 radical (unpaired) electrons. The Hall–Kier alpha value is -1.98. The van der Waals surface area contributed by atoms with Crippen LogP contribution in [0.2, 0.25) is 0 Å². The normalized spacial score (nSPS) is 15.6. The summed E-state index contributed by atoms with van der Waals surface area (Å²) in [4.78, 5) is 2.11. The minimum absolute atomic E-state index is 0.254. The van der Waals surface area contributed by atoms with Gasteiger partial charge in [0.05, 0.1) is 0 Å². The highest BCUT2D eigenvalue weighted by Gasteiger charge is 2.91. The molecule has 0 spiro atoms. The monoisotopic (exact) mass is 514 g/mol. The molecule has 2 nitrogen and oxygen atoms in total. The van der Waals surface area contributed by atoms with Gasteiger partial charge in [0.25, 0.3) is 0 Å². The van der Waals surface area contributed by atoms with Gasteiger partial charge in [-0.25, -0.2) is 13.8 Å². The summed E-state index contributed by atoms with van der Waals surface area (Å²) in [6, 6.07) is -5.90. The molecule has 1 rings (SSSR count). The molecule has 188 valence electrons. The zero-order valence-corrected chi connectivity index (χ0v) is 14.7. The van der Waals surface area contributed by atoms with Gasteiger partial charge in [0, 0.05) is 11.9 Å². The number of imidazole rings is 1. The van der Waals surface area contributed by atoms with Crippen LogP contribution >= 0.6 is 0 Å². The summed E-state index contributed by atoms with van der Waals surface area (Å²) >= 11 is 0. The standard InChI is InChI=1S/C13H7F17N2/c1-2-4-3-31-6(32(4)8(18,19)5(14)15)7(16,17)9(20,21)10(22,23)11(24,25)12(26,27)13(28,29)30/h3,5H,2H2,1H3. The van der Waals surface area contributed by atoms with Crippen molar-refractivity contribution >= 4 is 0 Å². The van der Waals surface area contributed by atoms with Crippen molar-refractivity contribution < 1.29 is 74.6 Å². The van der Waals surface area contributed by atoms with Gasteiger partial charge in [0.1, 0.15) is 0 Å². The van der Waals surface area contributed by atoms with Crippen LogP contribution in [0.5, 0.6) is 0 Å². The zero-order chi connectivity index (χ0) is 25.9. The van der Waals surface area contributed by atoms with Gasteiger partial charge in [-0.3, -0.25) is 4.57 Å². The van der Waals surface area contributed by atoms with E-state index in [1.54, 1.807) is 0 Å². The summed E-state index contributed by atoms with van der Waals surface area (Å²) in [5.74, 6) is -43.2. The average molecular weight is 514 g/mol. The Bertz CT molecular complexity index is 819. The van der Waals surface area contributed by atoms with Gasteiger partial charge >= 0.3 is 48.3 Å². The molecule has 0 aromatic carbocycles. The topological polar surface area (TPSA) is 17.8 Å². The van der Waals surface area contributed by atoms with E-state index in [2.05, 4.69) is 4.98 Å². The van der Waals surface area contributed by atoms with E-state index in [0.717, 1.165) is 6.92 Å². The molecule has 0 atom stereocenters. The fraction of sp³-hybridized carbons (Fsp3) is 0.769. The fourth-order valence-corrected chi connectivity index (χ4v) is 2.20. The van der Waals surface area contributed by atoms with Gasteiger partial charge < -0.3 is 0 Å². The molecule has 0 unspecified atom stereocenters. The first-order valence-electron chi connectivity index (χ1n) is 7.56. The van der Waals surface area contributed by atoms with E-state index in [1.165, 1.54) is 0 Å². The Balaban J connectivity index is 3.84. The maximum atomic E-state index is 14.1.